The minimum absolute atomic E-state index is 0.194. The third-order valence-corrected chi connectivity index (χ3v) is 6.33. The van der Waals surface area contributed by atoms with Crippen LogP contribution < -0.4 is 9.47 Å². The number of hydrogen-bond acceptors (Lipinski definition) is 5. The summed E-state index contributed by atoms with van der Waals surface area (Å²) in [6, 6.07) is 16.4. The normalized spacial score (nSPS) is 14.3. The number of sulfone groups is 1. The monoisotopic (exact) mass is 386 g/mol. The van der Waals surface area contributed by atoms with E-state index in [0.717, 1.165) is 0 Å². The van der Waals surface area contributed by atoms with Gasteiger partial charge in [-0.15, -0.1) is 0 Å². The summed E-state index contributed by atoms with van der Waals surface area (Å²) in [5.41, 5.74) is 0. The largest absolute Gasteiger partial charge is 0.490 e. The van der Waals surface area contributed by atoms with Gasteiger partial charge in [0.15, 0.2) is 9.84 Å². The first-order valence-corrected chi connectivity index (χ1v) is 10.0. The van der Waals surface area contributed by atoms with Crippen molar-refractivity contribution < 1.29 is 22.7 Å². The summed E-state index contributed by atoms with van der Waals surface area (Å²) in [4.78, 5) is 13.1. The Hall–Kier alpha value is -2.80. The number of likely N-dealkylation sites (tertiary alicyclic amines) is 1. The van der Waals surface area contributed by atoms with E-state index in [2.05, 4.69) is 12.6 Å². The smallest absolute Gasteiger partial charge is 0.246 e. The van der Waals surface area contributed by atoms with Gasteiger partial charge in [0.2, 0.25) is 5.91 Å². The number of rotatable bonds is 8. The number of carbonyl (C=O) groups excluding carboxylic acids is 1. The Balaban J connectivity index is 1.49. The topological polar surface area (TPSA) is 72.9 Å². The van der Waals surface area contributed by atoms with Gasteiger partial charge in [0.1, 0.15) is 30.0 Å². The average Bonchev–Trinajstić information content (AvgIpc) is 2.65. The van der Waals surface area contributed by atoms with Crippen molar-refractivity contribution in [3.63, 3.8) is 0 Å². The number of carbonyl (C=O) groups is 1. The molecule has 1 saturated heterocycles. The van der Waals surface area contributed by atoms with Gasteiger partial charge in [0.05, 0.1) is 4.90 Å². The minimum atomic E-state index is -3.47. The average molecular weight is 386 g/mol. The quantitative estimate of drug-likeness (QED) is 0.513. The summed E-state index contributed by atoms with van der Waals surface area (Å²) in [7, 11) is -3.47. The maximum atomic E-state index is 12.6. The van der Waals surface area contributed by atoms with Crippen LogP contribution in [0.2, 0.25) is 0 Å². The second-order valence-corrected chi connectivity index (χ2v) is 8.25. The summed E-state index contributed by atoms with van der Waals surface area (Å²) in [5.74, 6) is 1.03. The molecule has 2 aromatic rings. The SMILES string of the molecule is C=CC(=O)N1CC(S(=O)(=O)c2ccc(OCCOc3c[c]ccc3)cc2)C1. The lowest BCUT2D eigenvalue weighted by Crippen LogP contribution is -2.56. The van der Waals surface area contributed by atoms with Crippen molar-refractivity contribution in [1.82, 2.24) is 4.90 Å². The third kappa shape index (κ3) is 4.49. The van der Waals surface area contributed by atoms with E-state index in [1.807, 2.05) is 12.1 Å². The first-order chi connectivity index (χ1) is 13.0. The Morgan fingerprint density at radius 1 is 1.15 bits per heavy atom. The lowest BCUT2D eigenvalue weighted by molar-refractivity contribution is -0.128. The summed E-state index contributed by atoms with van der Waals surface area (Å²) < 4.78 is 36.2. The Bertz CT molecular complexity index is 888. The molecule has 7 heteroatoms. The zero-order valence-corrected chi connectivity index (χ0v) is 15.5. The zero-order chi connectivity index (χ0) is 19.3. The molecule has 1 fully saturated rings. The van der Waals surface area contributed by atoms with Crippen molar-refractivity contribution in [2.24, 2.45) is 0 Å². The molecule has 0 unspecified atom stereocenters. The van der Waals surface area contributed by atoms with Crippen molar-refractivity contribution in [1.29, 1.82) is 0 Å². The van der Waals surface area contributed by atoms with Gasteiger partial charge in [0.25, 0.3) is 0 Å². The highest BCUT2D eigenvalue weighted by molar-refractivity contribution is 7.92. The summed E-state index contributed by atoms with van der Waals surface area (Å²) in [5, 5.41) is -0.579. The number of benzene rings is 2. The van der Waals surface area contributed by atoms with E-state index < -0.39 is 15.1 Å². The maximum Gasteiger partial charge on any atom is 0.246 e. The molecule has 0 N–H and O–H groups in total. The molecule has 1 heterocycles. The van der Waals surface area contributed by atoms with Crippen molar-refractivity contribution >= 4 is 15.7 Å². The van der Waals surface area contributed by atoms with Crippen LogP contribution in [0.15, 0.2) is 66.1 Å². The van der Waals surface area contributed by atoms with Crippen LogP contribution in [0.3, 0.4) is 0 Å². The molecule has 3 rings (SSSR count). The van der Waals surface area contributed by atoms with Crippen molar-refractivity contribution in [2.45, 2.75) is 10.1 Å². The van der Waals surface area contributed by atoms with E-state index in [-0.39, 0.29) is 23.9 Å². The lowest BCUT2D eigenvalue weighted by atomic mass is 10.2. The molecule has 0 saturated carbocycles. The third-order valence-electron chi connectivity index (χ3n) is 4.22. The van der Waals surface area contributed by atoms with Crippen LogP contribution in [0.5, 0.6) is 11.5 Å². The highest BCUT2D eigenvalue weighted by atomic mass is 32.2. The van der Waals surface area contributed by atoms with Crippen LogP contribution in [-0.2, 0) is 14.6 Å². The van der Waals surface area contributed by atoms with Gasteiger partial charge in [-0.3, -0.25) is 4.79 Å². The molecule has 0 atom stereocenters. The number of amides is 1. The molecule has 2 aromatic carbocycles. The van der Waals surface area contributed by atoms with E-state index in [1.165, 1.54) is 23.1 Å². The molecular weight excluding hydrogens is 366 g/mol. The van der Waals surface area contributed by atoms with Crippen LogP contribution in [0.25, 0.3) is 0 Å². The van der Waals surface area contributed by atoms with Crippen molar-refractivity contribution in [3.05, 3.63) is 67.3 Å². The van der Waals surface area contributed by atoms with Crippen LogP contribution in [0, 0.1) is 6.07 Å². The molecule has 0 spiro atoms. The van der Waals surface area contributed by atoms with Crippen LogP contribution in [0.1, 0.15) is 0 Å². The fraction of sp³-hybridized carbons (Fsp3) is 0.250. The van der Waals surface area contributed by atoms with E-state index >= 15 is 0 Å². The van der Waals surface area contributed by atoms with Crippen LogP contribution >= 0.6 is 0 Å². The first kappa shape index (κ1) is 19.0. The molecular formula is C20H20NO5S. The second-order valence-electron chi connectivity index (χ2n) is 6.02. The molecule has 0 aliphatic carbocycles. The molecule has 141 valence electrons. The predicted octanol–water partition coefficient (Wildman–Crippen LogP) is 2.12. The molecule has 0 bridgehead atoms. The van der Waals surface area contributed by atoms with Crippen molar-refractivity contribution in [3.8, 4) is 11.5 Å². The summed E-state index contributed by atoms with van der Waals surface area (Å²) >= 11 is 0. The fourth-order valence-electron chi connectivity index (χ4n) is 2.65. The molecule has 1 aliphatic rings. The molecule has 1 amide bonds. The first-order valence-electron chi connectivity index (χ1n) is 8.48. The molecule has 1 radical (unpaired) electrons. The van der Waals surface area contributed by atoms with E-state index in [1.54, 1.807) is 24.3 Å². The van der Waals surface area contributed by atoms with Crippen LogP contribution in [-0.4, -0.2) is 50.8 Å². The summed E-state index contributed by atoms with van der Waals surface area (Å²) in [6.45, 7) is 4.49. The fourth-order valence-corrected chi connectivity index (χ4v) is 4.30. The van der Waals surface area contributed by atoms with Crippen molar-refractivity contribution in [2.75, 3.05) is 26.3 Å². The highest BCUT2D eigenvalue weighted by Gasteiger charge is 2.39. The van der Waals surface area contributed by atoms with Gasteiger partial charge in [-0.2, -0.15) is 0 Å². The standard InChI is InChI=1S/C20H20NO5S/c1-2-20(22)21-14-19(15-21)27(23,24)18-10-8-17(9-11-18)26-13-12-25-16-6-4-3-5-7-16/h2-4,6-11,19H,1,12-15H2. The second kappa shape index (κ2) is 8.26. The van der Waals surface area contributed by atoms with Gasteiger partial charge >= 0.3 is 0 Å². The van der Waals surface area contributed by atoms with Gasteiger partial charge in [0, 0.05) is 13.1 Å². The van der Waals surface area contributed by atoms with Gasteiger partial charge < -0.3 is 14.4 Å². The zero-order valence-electron chi connectivity index (χ0n) is 14.7. The molecule has 1 aliphatic heterocycles. The number of hydrogen-bond donors (Lipinski definition) is 0. The Morgan fingerprint density at radius 2 is 1.81 bits per heavy atom. The van der Waals surface area contributed by atoms with E-state index in [0.29, 0.717) is 24.7 Å². The Kier molecular flexibility index (Phi) is 5.81. The lowest BCUT2D eigenvalue weighted by Gasteiger charge is -2.37. The van der Waals surface area contributed by atoms with Crippen LogP contribution in [0.4, 0.5) is 0 Å². The Labute approximate surface area is 158 Å². The van der Waals surface area contributed by atoms with Gasteiger partial charge in [-0.05, 0) is 48.5 Å². The molecule has 6 nitrogen and oxygen atoms in total. The van der Waals surface area contributed by atoms with E-state index in [9.17, 15) is 13.2 Å². The minimum Gasteiger partial charge on any atom is -0.490 e. The number of nitrogens with zero attached hydrogens (tertiary/aromatic N) is 1. The number of ether oxygens (including phenoxy) is 2. The summed E-state index contributed by atoms with van der Waals surface area (Å²) in [6.07, 6.45) is 1.19. The van der Waals surface area contributed by atoms with Gasteiger partial charge in [-0.25, -0.2) is 8.42 Å². The molecule has 27 heavy (non-hydrogen) atoms. The predicted molar refractivity (Wildman–Crippen MR) is 100 cm³/mol. The van der Waals surface area contributed by atoms with E-state index in [4.69, 9.17) is 9.47 Å². The maximum absolute atomic E-state index is 12.6. The molecule has 0 aromatic heterocycles. The Morgan fingerprint density at radius 3 is 2.41 bits per heavy atom. The van der Waals surface area contributed by atoms with Gasteiger partial charge in [-0.1, -0.05) is 18.7 Å². The highest BCUT2D eigenvalue weighted by Crippen LogP contribution is 2.25.